The fourth-order valence-electron chi connectivity index (χ4n) is 1.33. The first kappa shape index (κ1) is 12.6. The molecule has 0 aliphatic heterocycles. The Bertz CT molecular complexity index is 555. The van der Waals surface area contributed by atoms with Crippen molar-refractivity contribution in [2.24, 2.45) is 0 Å². The number of hydrogen-bond donors (Lipinski definition) is 0. The molecule has 2 nitrogen and oxygen atoms in total. The van der Waals surface area contributed by atoms with E-state index < -0.39 is 0 Å². The SMILES string of the molecule is O=Cc1ccc(Oc2cccc(I)c2)c(Br)c1. The molecule has 0 saturated heterocycles. The van der Waals surface area contributed by atoms with E-state index in [4.69, 9.17) is 4.74 Å². The predicted octanol–water partition coefficient (Wildman–Crippen LogP) is 4.66. The Morgan fingerprint density at radius 1 is 1.18 bits per heavy atom. The van der Waals surface area contributed by atoms with Crippen LogP contribution in [0.1, 0.15) is 10.4 Å². The first-order chi connectivity index (χ1) is 8.19. The number of aldehydes is 1. The van der Waals surface area contributed by atoms with Crippen LogP contribution in [0, 0.1) is 3.57 Å². The zero-order chi connectivity index (χ0) is 12.3. The van der Waals surface area contributed by atoms with E-state index in [1.807, 2.05) is 24.3 Å². The van der Waals surface area contributed by atoms with E-state index in [-0.39, 0.29) is 0 Å². The molecule has 17 heavy (non-hydrogen) atoms. The van der Waals surface area contributed by atoms with Crippen molar-refractivity contribution >= 4 is 44.8 Å². The maximum Gasteiger partial charge on any atom is 0.150 e. The Morgan fingerprint density at radius 2 is 2.00 bits per heavy atom. The summed E-state index contributed by atoms with van der Waals surface area (Å²) in [4.78, 5) is 10.6. The van der Waals surface area contributed by atoms with Crippen molar-refractivity contribution in [2.75, 3.05) is 0 Å². The van der Waals surface area contributed by atoms with E-state index in [0.29, 0.717) is 11.3 Å². The zero-order valence-electron chi connectivity index (χ0n) is 8.69. The van der Waals surface area contributed by atoms with Crippen LogP contribution < -0.4 is 4.74 Å². The Kier molecular flexibility index (Phi) is 4.17. The van der Waals surface area contributed by atoms with Crippen LogP contribution in [-0.2, 0) is 0 Å². The summed E-state index contributed by atoms with van der Waals surface area (Å²) in [5.41, 5.74) is 0.617. The second-order valence-corrected chi connectivity index (χ2v) is 5.47. The maximum atomic E-state index is 10.6. The number of rotatable bonds is 3. The first-order valence-electron chi connectivity index (χ1n) is 4.87. The summed E-state index contributed by atoms with van der Waals surface area (Å²) in [6.45, 7) is 0. The van der Waals surface area contributed by atoms with Crippen LogP contribution in [0.3, 0.4) is 0 Å². The van der Waals surface area contributed by atoms with Crippen LogP contribution in [0.25, 0.3) is 0 Å². The van der Waals surface area contributed by atoms with Crippen LogP contribution in [0.15, 0.2) is 46.9 Å². The van der Waals surface area contributed by atoms with Crippen LogP contribution in [-0.4, -0.2) is 6.29 Å². The molecule has 4 heteroatoms. The molecule has 0 N–H and O–H groups in total. The van der Waals surface area contributed by atoms with Crippen LogP contribution in [0.5, 0.6) is 11.5 Å². The standard InChI is InChI=1S/C13H8BrIO2/c14-12-6-9(8-16)4-5-13(12)17-11-3-1-2-10(15)7-11/h1-8H. The molecule has 0 fully saturated rings. The topological polar surface area (TPSA) is 26.3 Å². The lowest BCUT2D eigenvalue weighted by molar-refractivity contribution is 0.112. The third kappa shape index (κ3) is 3.29. The molecule has 0 unspecified atom stereocenters. The molecule has 0 saturated carbocycles. The minimum absolute atomic E-state index is 0.617. The summed E-state index contributed by atoms with van der Waals surface area (Å²) in [5.74, 6) is 1.47. The monoisotopic (exact) mass is 402 g/mol. The highest BCUT2D eigenvalue weighted by Crippen LogP contribution is 2.30. The lowest BCUT2D eigenvalue weighted by Crippen LogP contribution is -1.87. The van der Waals surface area contributed by atoms with Crippen molar-refractivity contribution in [1.82, 2.24) is 0 Å². The third-order valence-electron chi connectivity index (χ3n) is 2.12. The van der Waals surface area contributed by atoms with Gasteiger partial charge in [-0.15, -0.1) is 0 Å². The molecule has 0 bridgehead atoms. The van der Waals surface area contributed by atoms with Gasteiger partial charge in [0, 0.05) is 9.13 Å². The molecule has 0 atom stereocenters. The molecule has 0 heterocycles. The fourth-order valence-corrected chi connectivity index (χ4v) is 2.32. The van der Waals surface area contributed by atoms with E-state index in [2.05, 4.69) is 38.5 Å². The second-order valence-electron chi connectivity index (χ2n) is 3.37. The van der Waals surface area contributed by atoms with Crippen LogP contribution in [0.4, 0.5) is 0 Å². The summed E-state index contributed by atoms with van der Waals surface area (Å²) >= 11 is 5.61. The van der Waals surface area contributed by atoms with Crippen LogP contribution >= 0.6 is 38.5 Å². The summed E-state index contributed by atoms with van der Waals surface area (Å²) in [5, 5.41) is 0. The van der Waals surface area contributed by atoms with Gasteiger partial charge in [-0.1, -0.05) is 6.07 Å². The molecule has 0 aromatic heterocycles. The maximum absolute atomic E-state index is 10.6. The molecule has 2 rings (SSSR count). The first-order valence-corrected chi connectivity index (χ1v) is 6.74. The molecular formula is C13H8BrIO2. The highest BCUT2D eigenvalue weighted by atomic mass is 127. The Labute approximate surface area is 121 Å². The van der Waals surface area contributed by atoms with Gasteiger partial charge >= 0.3 is 0 Å². The lowest BCUT2D eigenvalue weighted by Gasteiger charge is -2.08. The van der Waals surface area contributed by atoms with Gasteiger partial charge in [-0.2, -0.15) is 0 Å². The van der Waals surface area contributed by atoms with Crippen LogP contribution in [0.2, 0.25) is 0 Å². The summed E-state index contributed by atoms with van der Waals surface area (Å²) in [6, 6.07) is 13.0. The number of hydrogen-bond acceptors (Lipinski definition) is 2. The number of carbonyl (C=O) groups excluding carboxylic acids is 1. The average Bonchev–Trinajstić information content (AvgIpc) is 2.32. The van der Waals surface area contributed by atoms with E-state index >= 15 is 0 Å². The van der Waals surface area contributed by atoms with Gasteiger partial charge in [0.15, 0.2) is 0 Å². The third-order valence-corrected chi connectivity index (χ3v) is 3.41. The minimum atomic E-state index is 0.617. The van der Waals surface area contributed by atoms with Gasteiger partial charge in [0.05, 0.1) is 4.47 Å². The van der Waals surface area contributed by atoms with Gasteiger partial charge in [-0.05, 0) is 74.9 Å². The largest absolute Gasteiger partial charge is 0.456 e. The zero-order valence-corrected chi connectivity index (χ0v) is 12.4. The lowest BCUT2D eigenvalue weighted by atomic mass is 10.2. The highest BCUT2D eigenvalue weighted by Gasteiger charge is 2.04. The summed E-state index contributed by atoms with van der Waals surface area (Å²) in [7, 11) is 0. The minimum Gasteiger partial charge on any atom is -0.456 e. The highest BCUT2D eigenvalue weighted by molar-refractivity contribution is 14.1. The Balaban J connectivity index is 2.27. The predicted molar refractivity (Wildman–Crippen MR) is 78.8 cm³/mol. The van der Waals surface area contributed by atoms with Crippen molar-refractivity contribution in [2.45, 2.75) is 0 Å². The molecular weight excluding hydrogens is 395 g/mol. The molecule has 0 aliphatic carbocycles. The van der Waals surface area contributed by atoms with Gasteiger partial charge in [0.1, 0.15) is 17.8 Å². The quantitative estimate of drug-likeness (QED) is 0.551. The van der Waals surface area contributed by atoms with Gasteiger partial charge in [-0.25, -0.2) is 0 Å². The Hall–Kier alpha value is -0.880. The van der Waals surface area contributed by atoms with Gasteiger partial charge in [-0.3, -0.25) is 4.79 Å². The number of benzene rings is 2. The number of ether oxygens (including phenoxy) is 1. The number of carbonyl (C=O) groups is 1. The molecule has 0 aliphatic rings. The second kappa shape index (κ2) is 5.64. The van der Waals surface area contributed by atoms with Crippen molar-refractivity contribution in [3.63, 3.8) is 0 Å². The van der Waals surface area contributed by atoms with Gasteiger partial charge in [0.25, 0.3) is 0 Å². The van der Waals surface area contributed by atoms with E-state index in [0.717, 1.165) is 20.1 Å². The van der Waals surface area contributed by atoms with Crippen molar-refractivity contribution < 1.29 is 9.53 Å². The van der Waals surface area contributed by atoms with Crippen molar-refractivity contribution in [1.29, 1.82) is 0 Å². The Morgan fingerprint density at radius 3 is 2.65 bits per heavy atom. The van der Waals surface area contributed by atoms with Gasteiger partial charge < -0.3 is 4.74 Å². The smallest absolute Gasteiger partial charge is 0.150 e. The summed E-state index contributed by atoms with van der Waals surface area (Å²) < 4.78 is 7.60. The average molecular weight is 403 g/mol. The molecule has 2 aromatic rings. The van der Waals surface area contributed by atoms with E-state index in [9.17, 15) is 4.79 Å². The molecule has 86 valence electrons. The molecule has 0 spiro atoms. The van der Waals surface area contributed by atoms with Gasteiger partial charge in [0.2, 0.25) is 0 Å². The summed E-state index contributed by atoms with van der Waals surface area (Å²) in [6.07, 6.45) is 0.806. The molecule has 0 radical (unpaired) electrons. The van der Waals surface area contributed by atoms with E-state index in [1.54, 1.807) is 18.2 Å². The van der Waals surface area contributed by atoms with E-state index in [1.165, 1.54) is 0 Å². The van der Waals surface area contributed by atoms with Crippen molar-refractivity contribution in [3.05, 3.63) is 56.1 Å². The molecule has 0 amide bonds. The van der Waals surface area contributed by atoms with Crippen molar-refractivity contribution in [3.8, 4) is 11.5 Å². The normalized spacial score (nSPS) is 10.0. The molecule has 2 aromatic carbocycles. The number of halogens is 2. The fraction of sp³-hybridized carbons (Fsp3) is 0.